The van der Waals surface area contributed by atoms with Gasteiger partial charge >= 0.3 is 5.97 Å². The van der Waals surface area contributed by atoms with E-state index in [2.05, 4.69) is 42.6 Å². The lowest BCUT2D eigenvalue weighted by molar-refractivity contribution is -0.144. The number of hydrogen-bond acceptors (Lipinski definition) is 2. The van der Waals surface area contributed by atoms with Gasteiger partial charge in [0.25, 0.3) is 0 Å². The molecule has 0 spiro atoms. The number of nitrogens with one attached hydrogen (secondary N) is 1. The van der Waals surface area contributed by atoms with E-state index in [9.17, 15) is 4.79 Å². The van der Waals surface area contributed by atoms with Gasteiger partial charge in [0.05, 0.1) is 5.41 Å². The summed E-state index contributed by atoms with van der Waals surface area (Å²) in [5.41, 5.74) is 0.425. The van der Waals surface area contributed by atoms with Gasteiger partial charge in [-0.05, 0) is 37.1 Å². The molecule has 0 fully saturated rings. The normalized spacial score (nSPS) is 13.6. The Hall–Kier alpha value is -2.13. The minimum Gasteiger partial charge on any atom is -0.481 e. The number of rotatable bonds is 6. The molecule has 0 bridgehead atoms. The number of carbonyl (C=O) groups is 1. The summed E-state index contributed by atoms with van der Waals surface area (Å²) in [6.45, 7) is 6.15. The zero-order valence-corrected chi connectivity index (χ0v) is 13.3. The maximum Gasteiger partial charge on any atom is 0.312 e. The topological polar surface area (TPSA) is 49.3 Å². The average molecular weight is 297 g/mol. The van der Waals surface area contributed by atoms with Gasteiger partial charge in [0.2, 0.25) is 0 Å². The maximum atomic E-state index is 11.0. The van der Waals surface area contributed by atoms with E-state index in [1.165, 1.54) is 16.3 Å². The third kappa shape index (κ3) is 3.74. The second kappa shape index (κ2) is 6.75. The molecule has 0 amide bonds. The third-order valence-corrected chi connectivity index (χ3v) is 3.92. The summed E-state index contributed by atoms with van der Waals surface area (Å²) in [6, 6.07) is 14.8. The molecule has 2 N–H and O–H groups in total. The predicted molar refractivity (Wildman–Crippen MR) is 90.9 cm³/mol. The molecule has 116 valence electrons. The highest BCUT2D eigenvalue weighted by molar-refractivity contribution is 5.86. The third-order valence-electron chi connectivity index (χ3n) is 3.92. The Morgan fingerprint density at radius 3 is 2.64 bits per heavy atom. The second-order valence-corrected chi connectivity index (χ2v) is 6.13. The first-order valence-electron chi connectivity index (χ1n) is 7.54. The molecule has 3 nitrogen and oxygen atoms in total. The van der Waals surface area contributed by atoms with Crippen molar-refractivity contribution < 1.29 is 9.90 Å². The van der Waals surface area contributed by atoms with Gasteiger partial charge in [-0.1, -0.05) is 54.6 Å². The van der Waals surface area contributed by atoms with Crippen molar-refractivity contribution in [3.8, 4) is 0 Å². The van der Waals surface area contributed by atoms with Crippen LogP contribution in [0.25, 0.3) is 10.8 Å². The summed E-state index contributed by atoms with van der Waals surface area (Å²) in [4.78, 5) is 11.0. The van der Waals surface area contributed by atoms with E-state index in [1.54, 1.807) is 19.9 Å². The summed E-state index contributed by atoms with van der Waals surface area (Å²) < 4.78 is 0. The number of carboxylic acids is 1. The number of aliphatic carboxylic acids is 1. The van der Waals surface area contributed by atoms with E-state index < -0.39 is 11.4 Å². The van der Waals surface area contributed by atoms with Gasteiger partial charge in [-0.3, -0.25) is 4.79 Å². The Morgan fingerprint density at radius 2 is 1.91 bits per heavy atom. The molecular weight excluding hydrogens is 274 g/mol. The number of fused-ring (bicyclic) bond motifs is 1. The summed E-state index contributed by atoms with van der Waals surface area (Å²) in [5, 5.41) is 15.0. The molecule has 0 heterocycles. The molecule has 0 saturated heterocycles. The Kier molecular flexibility index (Phi) is 4.99. The van der Waals surface area contributed by atoms with Crippen molar-refractivity contribution in [2.45, 2.75) is 26.8 Å². The fourth-order valence-electron chi connectivity index (χ4n) is 2.41. The molecule has 1 atom stereocenters. The lowest BCUT2D eigenvalue weighted by atomic mass is 9.93. The first kappa shape index (κ1) is 16.2. The largest absolute Gasteiger partial charge is 0.481 e. The van der Waals surface area contributed by atoms with Gasteiger partial charge in [0.15, 0.2) is 0 Å². The Labute approximate surface area is 131 Å². The Morgan fingerprint density at radius 1 is 1.23 bits per heavy atom. The molecule has 2 rings (SSSR count). The van der Waals surface area contributed by atoms with Crippen molar-refractivity contribution in [2.75, 3.05) is 6.54 Å². The highest BCUT2D eigenvalue weighted by Crippen LogP contribution is 2.24. The molecule has 0 unspecified atom stereocenters. The highest BCUT2D eigenvalue weighted by Gasteiger charge is 2.22. The van der Waals surface area contributed by atoms with Crippen molar-refractivity contribution in [2.24, 2.45) is 5.41 Å². The molecule has 0 radical (unpaired) electrons. The van der Waals surface area contributed by atoms with Gasteiger partial charge in [-0.15, -0.1) is 0 Å². The minimum atomic E-state index is -0.829. The van der Waals surface area contributed by atoms with Gasteiger partial charge in [-0.25, -0.2) is 0 Å². The fourth-order valence-corrected chi connectivity index (χ4v) is 2.41. The molecule has 3 heteroatoms. The Bertz CT molecular complexity index is 683. The van der Waals surface area contributed by atoms with Crippen LogP contribution in [-0.2, 0) is 4.79 Å². The van der Waals surface area contributed by atoms with Gasteiger partial charge in [0.1, 0.15) is 0 Å². The first-order chi connectivity index (χ1) is 10.4. The lowest BCUT2D eigenvalue weighted by Crippen LogP contribution is -2.22. The molecular formula is C19H23NO2. The zero-order chi connectivity index (χ0) is 16.2. The number of carboxylic acid groups (broad SMARTS) is 1. The van der Waals surface area contributed by atoms with Crippen LogP contribution in [0.15, 0.2) is 54.6 Å². The van der Waals surface area contributed by atoms with Gasteiger partial charge in [0, 0.05) is 12.6 Å². The first-order valence-corrected chi connectivity index (χ1v) is 7.54. The molecule has 0 aliphatic rings. The van der Waals surface area contributed by atoms with E-state index in [-0.39, 0.29) is 6.04 Å². The summed E-state index contributed by atoms with van der Waals surface area (Å²) in [6.07, 6.45) is 3.62. The van der Waals surface area contributed by atoms with Gasteiger partial charge < -0.3 is 10.4 Å². The molecule has 22 heavy (non-hydrogen) atoms. The quantitative estimate of drug-likeness (QED) is 0.787. The zero-order valence-electron chi connectivity index (χ0n) is 13.3. The van der Waals surface area contributed by atoms with Crippen LogP contribution in [0.2, 0.25) is 0 Å². The minimum absolute atomic E-state index is 0.198. The molecule has 0 saturated carbocycles. The monoisotopic (exact) mass is 297 g/mol. The fraction of sp³-hybridized carbons (Fsp3) is 0.316. The standard InChI is InChI=1S/C19H23NO2/c1-14(20-13-7-12-19(2,3)18(21)22)16-11-6-9-15-8-4-5-10-17(15)16/h4-12,14,20H,13H2,1-3H3,(H,21,22)/b12-7+/t14-/m1/s1. The van der Waals surface area contributed by atoms with Crippen LogP contribution in [0, 0.1) is 5.41 Å². The summed E-state index contributed by atoms with van der Waals surface area (Å²) >= 11 is 0. The molecule has 0 aliphatic heterocycles. The molecule has 0 aromatic heterocycles. The average Bonchev–Trinajstić information content (AvgIpc) is 2.50. The number of hydrogen-bond donors (Lipinski definition) is 2. The predicted octanol–water partition coefficient (Wildman–Crippen LogP) is 4.16. The van der Waals surface area contributed by atoms with Crippen molar-refractivity contribution in [3.63, 3.8) is 0 Å². The van der Waals surface area contributed by atoms with Crippen LogP contribution in [0.3, 0.4) is 0 Å². The van der Waals surface area contributed by atoms with E-state index >= 15 is 0 Å². The maximum absolute atomic E-state index is 11.0. The van der Waals surface area contributed by atoms with E-state index in [0.29, 0.717) is 6.54 Å². The summed E-state index contributed by atoms with van der Waals surface area (Å²) in [5.74, 6) is -0.814. The lowest BCUT2D eigenvalue weighted by Gasteiger charge is -2.17. The Balaban J connectivity index is 2.05. The smallest absolute Gasteiger partial charge is 0.312 e. The van der Waals surface area contributed by atoms with Gasteiger partial charge in [-0.2, -0.15) is 0 Å². The van der Waals surface area contributed by atoms with E-state index in [0.717, 1.165) is 0 Å². The van der Waals surface area contributed by atoms with E-state index in [4.69, 9.17) is 5.11 Å². The van der Waals surface area contributed by atoms with Crippen LogP contribution >= 0.6 is 0 Å². The van der Waals surface area contributed by atoms with Crippen LogP contribution in [0.5, 0.6) is 0 Å². The molecule has 0 aliphatic carbocycles. The molecule has 2 aromatic carbocycles. The summed E-state index contributed by atoms with van der Waals surface area (Å²) in [7, 11) is 0. The van der Waals surface area contributed by atoms with E-state index in [1.807, 2.05) is 18.2 Å². The van der Waals surface area contributed by atoms with Crippen LogP contribution < -0.4 is 5.32 Å². The number of benzene rings is 2. The SMILES string of the molecule is C[C@@H](NC/C=C/C(C)(C)C(=O)O)c1cccc2ccccc12. The molecule has 2 aromatic rings. The second-order valence-electron chi connectivity index (χ2n) is 6.13. The van der Waals surface area contributed by atoms with Crippen LogP contribution in [0.4, 0.5) is 0 Å². The van der Waals surface area contributed by atoms with Crippen LogP contribution in [-0.4, -0.2) is 17.6 Å². The van der Waals surface area contributed by atoms with Crippen molar-refractivity contribution >= 4 is 16.7 Å². The van der Waals surface area contributed by atoms with Crippen LogP contribution in [0.1, 0.15) is 32.4 Å². The van der Waals surface area contributed by atoms with Crippen molar-refractivity contribution in [1.82, 2.24) is 5.32 Å². The van der Waals surface area contributed by atoms with Crippen molar-refractivity contribution in [1.29, 1.82) is 0 Å². The van der Waals surface area contributed by atoms with Crippen molar-refractivity contribution in [3.05, 3.63) is 60.2 Å². The highest BCUT2D eigenvalue weighted by atomic mass is 16.4.